The van der Waals surface area contributed by atoms with Crippen LogP contribution in [0.15, 0.2) is 23.1 Å². The summed E-state index contributed by atoms with van der Waals surface area (Å²) in [4.78, 5) is 23.1. The monoisotopic (exact) mass is 276 g/mol. The van der Waals surface area contributed by atoms with E-state index in [4.69, 9.17) is 0 Å². The lowest BCUT2D eigenvalue weighted by Crippen LogP contribution is -2.18. The van der Waals surface area contributed by atoms with Gasteiger partial charge in [-0.15, -0.1) is 0 Å². The van der Waals surface area contributed by atoms with Gasteiger partial charge in [-0.05, 0) is 24.8 Å². The van der Waals surface area contributed by atoms with Gasteiger partial charge in [0, 0.05) is 25.7 Å². The Balaban J connectivity index is 1.71. The minimum Gasteiger partial charge on any atom is -0.325 e. The highest BCUT2D eigenvalue weighted by Crippen LogP contribution is 2.27. The van der Waals surface area contributed by atoms with Gasteiger partial charge in [-0.3, -0.25) is 9.59 Å². The third-order valence-corrected chi connectivity index (χ3v) is 4.11. The molecule has 4 heteroatoms. The molecule has 1 aliphatic carbocycles. The fourth-order valence-corrected chi connectivity index (χ4v) is 2.92. The quantitative estimate of drug-likeness (QED) is 0.898. The largest absolute Gasteiger partial charge is 0.325 e. The van der Waals surface area contributed by atoms with Gasteiger partial charge in [0.2, 0.25) is 11.5 Å². The maximum atomic E-state index is 11.9. The maximum absolute atomic E-state index is 11.9. The van der Waals surface area contributed by atoms with Crippen LogP contribution in [0.2, 0.25) is 0 Å². The van der Waals surface area contributed by atoms with Crippen LogP contribution in [0, 0.1) is 5.92 Å². The molecule has 1 aromatic rings. The Morgan fingerprint density at radius 3 is 2.75 bits per heavy atom. The van der Waals surface area contributed by atoms with E-state index in [9.17, 15) is 9.59 Å². The standard InChI is InChI=1S/C16H24N2O2/c1-18-12-14(10-11-16(18)20)17-15(19)9-5-8-13-6-3-2-4-7-13/h10-13H,2-9H2,1H3,(H,17,19). The molecule has 0 bridgehead atoms. The van der Waals surface area contributed by atoms with Crippen LogP contribution in [-0.4, -0.2) is 10.5 Å². The average Bonchev–Trinajstić information content (AvgIpc) is 2.44. The first-order chi connectivity index (χ1) is 9.65. The molecule has 20 heavy (non-hydrogen) atoms. The number of hydrogen-bond acceptors (Lipinski definition) is 2. The molecule has 0 atom stereocenters. The van der Waals surface area contributed by atoms with Gasteiger partial charge in [0.05, 0.1) is 5.69 Å². The Kier molecular flexibility index (Phi) is 5.39. The molecule has 1 amide bonds. The van der Waals surface area contributed by atoms with E-state index < -0.39 is 0 Å². The number of hydrogen-bond donors (Lipinski definition) is 1. The molecule has 110 valence electrons. The Hall–Kier alpha value is -1.58. The molecule has 2 rings (SSSR count). The second kappa shape index (κ2) is 7.27. The number of pyridine rings is 1. The maximum Gasteiger partial charge on any atom is 0.250 e. The van der Waals surface area contributed by atoms with Crippen molar-refractivity contribution in [2.45, 2.75) is 51.4 Å². The molecule has 1 fully saturated rings. The zero-order valence-corrected chi connectivity index (χ0v) is 12.2. The summed E-state index contributed by atoms with van der Waals surface area (Å²) < 4.78 is 1.47. The first-order valence-electron chi connectivity index (χ1n) is 7.61. The van der Waals surface area contributed by atoms with Gasteiger partial charge < -0.3 is 9.88 Å². The van der Waals surface area contributed by atoms with E-state index in [2.05, 4.69) is 5.32 Å². The second-order valence-corrected chi connectivity index (χ2v) is 5.81. The van der Waals surface area contributed by atoms with E-state index in [1.807, 2.05) is 0 Å². The number of carbonyl (C=O) groups excluding carboxylic acids is 1. The number of nitrogens with one attached hydrogen (secondary N) is 1. The second-order valence-electron chi connectivity index (χ2n) is 5.81. The third-order valence-electron chi connectivity index (χ3n) is 4.11. The number of anilines is 1. The fraction of sp³-hybridized carbons (Fsp3) is 0.625. The van der Waals surface area contributed by atoms with Gasteiger partial charge in [0.25, 0.3) is 0 Å². The predicted molar refractivity (Wildman–Crippen MR) is 80.7 cm³/mol. The van der Waals surface area contributed by atoms with E-state index in [0.29, 0.717) is 12.1 Å². The van der Waals surface area contributed by atoms with Gasteiger partial charge in [-0.25, -0.2) is 0 Å². The molecule has 4 nitrogen and oxygen atoms in total. The summed E-state index contributed by atoms with van der Waals surface area (Å²) in [6, 6.07) is 3.12. The van der Waals surface area contributed by atoms with Crippen LogP contribution in [0.3, 0.4) is 0 Å². The number of aromatic nitrogens is 1. The summed E-state index contributed by atoms with van der Waals surface area (Å²) in [5, 5.41) is 2.85. The van der Waals surface area contributed by atoms with Gasteiger partial charge in [0.1, 0.15) is 0 Å². The van der Waals surface area contributed by atoms with Crippen LogP contribution in [-0.2, 0) is 11.8 Å². The number of carbonyl (C=O) groups is 1. The summed E-state index contributed by atoms with van der Waals surface area (Å²) in [6.07, 6.45) is 11.1. The highest BCUT2D eigenvalue weighted by atomic mass is 16.1. The molecular formula is C16H24N2O2. The third kappa shape index (κ3) is 4.51. The zero-order chi connectivity index (χ0) is 14.4. The van der Waals surface area contributed by atoms with Crippen molar-refractivity contribution in [3.05, 3.63) is 28.7 Å². The van der Waals surface area contributed by atoms with E-state index in [1.54, 1.807) is 19.3 Å². The number of aryl methyl sites for hydroxylation is 1. The Morgan fingerprint density at radius 1 is 1.30 bits per heavy atom. The van der Waals surface area contributed by atoms with Gasteiger partial charge in [0.15, 0.2) is 0 Å². The fourth-order valence-electron chi connectivity index (χ4n) is 2.92. The van der Waals surface area contributed by atoms with Crippen molar-refractivity contribution in [1.29, 1.82) is 0 Å². The SMILES string of the molecule is Cn1cc(NC(=O)CCCC2CCCCC2)ccc1=O. The van der Waals surface area contributed by atoms with E-state index in [0.717, 1.165) is 12.3 Å². The molecule has 0 saturated heterocycles. The zero-order valence-electron chi connectivity index (χ0n) is 12.2. The van der Waals surface area contributed by atoms with Crippen molar-refractivity contribution in [1.82, 2.24) is 4.57 Å². The molecule has 1 aliphatic rings. The van der Waals surface area contributed by atoms with Crippen molar-refractivity contribution < 1.29 is 4.79 Å². The van der Waals surface area contributed by atoms with Crippen LogP contribution in [0.25, 0.3) is 0 Å². The lowest BCUT2D eigenvalue weighted by molar-refractivity contribution is -0.116. The smallest absolute Gasteiger partial charge is 0.250 e. The van der Waals surface area contributed by atoms with Gasteiger partial charge in [-0.1, -0.05) is 32.1 Å². The molecule has 0 spiro atoms. The summed E-state index contributed by atoms with van der Waals surface area (Å²) >= 11 is 0. The lowest BCUT2D eigenvalue weighted by atomic mass is 9.86. The topological polar surface area (TPSA) is 51.1 Å². The first-order valence-corrected chi connectivity index (χ1v) is 7.61. The van der Waals surface area contributed by atoms with Gasteiger partial charge >= 0.3 is 0 Å². The van der Waals surface area contributed by atoms with Crippen LogP contribution in [0.1, 0.15) is 51.4 Å². The minimum atomic E-state index is -0.0692. The molecule has 1 saturated carbocycles. The van der Waals surface area contributed by atoms with E-state index in [-0.39, 0.29) is 11.5 Å². The van der Waals surface area contributed by atoms with Crippen LogP contribution in [0.4, 0.5) is 5.69 Å². The minimum absolute atomic E-state index is 0.0412. The molecule has 0 aromatic carbocycles. The van der Waals surface area contributed by atoms with Gasteiger partial charge in [-0.2, -0.15) is 0 Å². The molecule has 1 aromatic heterocycles. The molecule has 0 aliphatic heterocycles. The van der Waals surface area contributed by atoms with Crippen molar-refractivity contribution in [3.8, 4) is 0 Å². The molecule has 0 unspecified atom stereocenters. The summed E-state index contributed by atoms with van der Waals surface area (Å²) in [7, 11) is 1.68. The van der Waals surface area contributed by atoms with Crippen molar-refractivity contribution in [3.63, 3.8) is 0 Å². The highest BCUT2D eigenvalue weighted by Gasteiger charge is 2.13. The summed E-state index contributed by atoms with van der Waals surface area (Å²) in [5.41, 5.74) is 0.620. The number of rotatable bonds is 5. The summed E-state index contributed by atoms with van der Waals surface area (Å²) in [6.45, 7) is 0. The molecule has 1 heterocycles. The highest BCUT2D eigenvalue weighted by molar-refractivity contribution is 5.90. The predicted octanol–water partition coefficient (Wildman–Crippen LogP) is 3.07. The van der Waals surface area contributed by atoms with Crippen LogP contribution >= 0.6 is 0 Å². The van der Waals surface area contributed by atoms with Crippen LogP contribution in [0.5, 0.6) is 0 Å². The van der Waals surface area contributed by atoms with Crippen LogP contribution < -0.4 is 10.9 Å². The lowest BCUT2D eigenvalue weighted by Gasteiger charge is -2.21. The Morgan fingerprint density at radius 2 is 2.05 bits per heavy atom. The van der Waals surface area contributed by atoms with E-state index in [1.165, 1.54) is 49.2 Å². The molecule has 0 radical (unpaired) electrons. The number of amides is 1. The van der Waals surface area contributed by atoms with Crippen molar-refractivity contribution in [2.75, 3.05) is 5.32 Å². The van der Waals surface area contributed by atoms with E-state index >= 15 is 0 Å². The Bertz CT molecular complexity index is 501. The molecular weight excluding hydrogens is 252 g/mol. The number of nitrogens with zero attached hydrogens (tertiary/aromatic N) is 1. The van der Waals surface area contributed by atoms with Crippen molar-refractivity contribution >= 4 is 11.6 Å². The normalized spacial score (nSPS) is 16.1. The average molecular weight is 276 g/mol. The molecule has 1 N–H and O–H groups in total. The Labute approximate surface area is 120 Å². The first kappa shape index (κ1) is 14.8. The van der Waals surface area contributed by atoms with Crippen molar-refractivity contribution in [2.24, 2.45) is 13.0 Å². The summed E-state index contributed by atoms with van der Waals surface area (Å²) in [5.74, 6) is 0.869.